The van der Waals surface area contributed by atoms with Crippen molar-refractivity contribution in [2.24, 2.45) is 0 Å². The molecule has 0 aromatic heterocycles. The highest BCUT2D eigenvalue weighted by Gasteiger charge is 2.07. The molecule has 0 radical (unpaired) electrons. The SMILES string of the molecule is Cc1ccc(C)c(Nc2cc(F)c(I)cc2N)c1. The van der Waals surface area contributed by atoms with Crippen LogP contribution in [0.5, 0.6) is 0 Å². The van der Waals surface area contributed by atoms with Crippen LogP contribution in [-0.2, 0) is 0 Å². The van der Waals surface area contributed by atoms with E-state index >= 15 is 0 Å². The minimum Gasteiger partial charge on any atom is -0.397 e. The smallest absolute Gasteiger partial charge is 0.138 e. The number of nitrogens with two attached hydrogens (primary N) is 1. The van der Waals surface area contributed by atoms with Crippen LogP contribution in [0.25, 0.3) is 0 Å². The number of halogens is 2. The number of aryl methyl sites for hydroxylation is 2. The highest BCUT2D eigenvalue weighted by Crippen LogP contribution is 2.28. The van der Waals surface area contributed by atoms with E-state index in [-0.39, 0.29) is 5.82 Å². The fourth-order valence-corrected chi connectivity index (χ4v) is 2.18. The van der Waals surface area contributed by atoms with Gasteiger partial charge in [0.2, 0.25) is 0 Å². The summed E-state index contributed by atoms with van der Waals surface area (Å²) in [6, 6.07) is 9.14. The minimum atomic E-state index is -0.266. The summed E-state index contributed by atoms with van der Waals surface area (Å²) in [7, 11) is 0. The Bertz CT molecular complexity index is 597. The summed E-state index contributed by atoms with van der Waals surface area (Å²) in [6.07, 6.45) is 0. The van der Waals surface area contributed by atoms with Crippen LogP contribution in [0.15, 0.2) is 30.3 Å². The third-order valence-electron chi connectivity index (χ3n) is 2.75. The summed E-state index contributed by atoms with van der Waals surface area (Å²) >= 11 is 1.93. The van der Waals surface area contributed by atoms with Crippen molar-refractivity contribution in [1.29, 1.82) is 0 Å². The molecule has 0 saturated carbocycles. The average Bonchev–Trinajstić information content (AvgIpc) is 2.30. The van der Waals surface area contributed by atoms with Gasteiger partial charge in [-0.05, 0) is 59.7 Å². The lowest BCUT2D eigenvalue weighted by molar-refractivity contribution is 0.621. The van der Waals surface area contributed by atoms with E-state index < -0.39 is 0 Å². The van der Waals surface area contributed by atoms with E-state index in [0.29, 0.717) is 14.9 Å². The zero-order chi connectivity index (χ0) is 13.3. The second-order valence-corrected chi connectivity index (χ2v) is 5.46. The highest BCUT2D eigenvalue weighted by molar-refractivity contribution is 14.1. The molecule has 2 aromatic carbocycles. The third kappa shape index (κ3) is 2.75. The summed E-state index contributed by atoms with van der Waals surface area (Å²) < 4.78 is 14.1. The zero-order valence-corrected chi connectivity index (χ0v) is 12.4. The lowest BCUT2D eigenvalue weighted by atomic mass is 10.1. The molecule has 0 atom stereocenters. The Labute approximate surface area is 120 Å². The zero-order valence-electron chi connectivity index (χ0n) is 10.2. The van der Waals surface area contributed by atoms with Crippen LogP contribution in [-0.4, -0.2) is 0 Å². The first kappa shape index (κ1) is 13.1. The van der Waals surface area contributed by atoms with E-state index in [4.69, 9.17) is 5.73 Å². The van der Waals surface area contributed by atoms with Gasteiger partial charge in [0.15, 0.2) is 0 Å². The van der Waals surface area contributed by atoms with Crippen molar-refractivity contribution in [3.05, 3.63) is 50.8 Å². The fraction of sp³-hybridized carbons (Fsp3) is 0.143. The monoisotopic (exact) mass is 356 g/mol. The van der Waals surface area contributed by atoms with Crippen molar-refractivity contribution in [2.75, 3.05) is 11.1 Å². The summed E-state index contributed by atoms with van der Waals surface area (Å²) in [6.45, 7) is 4.02. The molecule has 0 aliphatic heterocycles. The lowest BCUT2D eigenvalue weighted by Gasteiger charge is -2.13. The number of anilines is 3. The predicted molar refractivity (Wildman–Crippen MR) is 82.7 cm³/mol. The first-order valence-electron chi connectivity index (χ1n) is 5.56. The average molecular weight is 356 g/mol. The van der Waals surface area contributed by atoms with E-state index in [1.54, 1.807) is 6.07 Å². The van der Waals surface area contributed by atoms with E-state index in [9.17, 15) is 4.39 Å². The second kappa shape index (κ2) is 5.14. The van der Waals surface area contributed by atoms with Crippen LogP contribution in [0.4, 0.5) is 21.5 Å². The molecule has 3 N–H and O–H groups in total. The molecule has 0 saturated heterocycles. The highest BCUT2D eigenvalue weighted by atomic mass is 127. The quantitative estimate of drug-likeness (QED) is 0.619. The molecule has 2 nitrogen and oxygen atoms in total. The van der Waals surface area contributed by atoms with Crippen molar-refractivity contribution in [2.45, 2.75) is 13.8 Å². The van der Waals surface area contributed by atoms with Crippen LogP contribution in [0.3, 0.4) is 0 Å². The molecule has 0 heterocycles. The van der Waals surface area contributed by atoms with Gasteiger partial charge in [0, 0.05) is 11.8 Å². The summed E-state index contributed by atoms with van der Waals surface area (Å²) in [5.74, 6) is -0.266. The molecule has 0 spiro atoms. The van der Waals surface area contributed by atoms with Crippen LogP contribution in [0.2, 0.25) is 0 Å². The van der Waals surface area contributed by atoms with Gasteiger partial charge in [0.25, 0.3) is 0 Å². The summed E-state index contributed by atoms with van der Waals surface area (Å²) in [5.41, 5.74) is 10.2. The number of hydrogen-bond donors (Lipinski definition) is 2. The molecule has 4 heteroatoms. The summed E-state index contributed by atoms with van der Waals surface area (Å²) in [4.78, 5) is 0. The molecule has 0 aliphatic carbocycles. The van der Waals surface area contributed by atoms with Crippen LogP contribution in [0.1, 0.15) is 11.1 Å². The molecule has 0 bridgehead atoms. The Hall–Kier alpha value is -1.30. The van der Waals surface area contributed by atoms with Gasteiger partial charge in [-0.1, -0.05) is 12.1 Å². The van der Waals surface area contributed by atoms with Gasteiger partial charge in [0.05, 0.1) is 14.9 Å². The molecule has 2 aromatic rings. The van der Waals surface area contributed by atoms with Gasteiger partial charge in [0.1, 0.15) is 5.82 Å². The van der Waals surface area contributed by atoms with Gasteiger partial charge in [-0.25, -0.2) is 4.39 Å². The first-order valence-corrected chi connectivity index (χ1v) is 6.64. The van der Waals surface area contributed by atoms with E-state index in [2.05, 4.69) is 5.32 Å². The lowest BCUT2D eigenvalue weighted by Crippen LogP contribution is -2.00. The Kier molecular flexibility index (Phi) is 3.75. The maximum Gasteiger partial charge on any atom is 0.138 e. The van der Waals surface area contributed by atoms with Crippen LogP contribution < -0.4 is 11.1 Å². The Balaban J connectivity index is 2.40. The van der Waals surface area contributed by atoms with Gasteiger partial charge >= 0.3 is 0 Å². The van der Waals surface area contributed by atoms with Crippen molar-refractivity contribution in [3.63, 3.8) is 0 Å². The molecular weight excluding hydrogens is 342 g/mol. The number of nitrogens with one attached hydrogen (secondary N) is 1. The number of rotatable bonds is 2. The topological polar surface area (TPSA) is 38.0 Å². The van der Waals surface area contributed by atoms with Crippen molar-refractivity contribution in [1.82, 2.24) is 0 Å². The van der Waals surface area contributed by atoms with E-state index in [0.717, 1.165) is 16.8 Å². The van der Waals surface area contributed by atoms with Crippen LogP contribution in [0, 0.1) is 23.2 Å². The number of nitrogen functional groups attached to an aromatic ring is 1. The van der Waals surface area contributed by atoms with Gasteiger partial charge in [-0.2, -0.15) is 0 Å². The molecule has 0 unspecified atom stereocenters. The minimum absolute atomic E-state index is 0.266. The molecular formula is C14H14FIN2. The number of benzene rings is 2. The van der Waals surface area contributed by atoms with Crippen molar-refractivity contribution in [3.8, 4) is 0 Å². The molecule has 2 rings (SSSR count). The molecule has 0 fully saturated rings. The molecule has 94 valence electrons. The van der Waals surface area contributed by atoms with Gasteiger partial charge < -0.3 is 11.1 Å². The van der Waals surface area contributed by atoms with Gasteiger partial charge in [-0.15, -0.1) is 0 Å². The van der Waals surface area contributed by atoms with E-state index in [1.807, 2.05) is 54.6 Å². The standard InChI is InChI=1S/C14H14FIN2/c1-8-3-4-9(2)13(5-8)18-14-6-10(15)11(16)7-12(14)17/h3-7,18H,17H2,1-2H3. The van der Waals surface area contributed by atoms with Crippen molar-refractivity contribution >= 4 is 39.7 Å². The Morgan fingerprint density at radius 3 is 2.56 bits per heavy atom. The second-order valence-electron chi connectivity index (χ2n) is 4.30. The molecule has 18 heavy (non-hydrogen) atoms. The Morgan fingerprint density at radius 2 is 1.83 bits per heavy atom. The van der Waals surface area contributed by atoms with E-state index in [1.165, 1.54) is 6.07 Å². The fourth-order valence-electron chi connectivity index (χ4n) is 1.69. The molecule has 0 aliphatic rings. The van der Waals surface area contributed by atoms with Crippen LogP contribution >= 0.6 is 22.6 Å². The maximum absolute atomic E-state index is 13.5. The Morgan fingerprint density at radius 1 is 1.11 bits per heavy atom. The first-order chi connectivity index (χ1) is 8.47. The van der Waals surface area contributed by atoms with Gasteiger partial charge in [-0.3, -0.25) is 0 Å². The van der Waals surface area contributed by atoms with Crippen molar-refractivity contribution < 1.29 is 4.39 Å². The predicted octanol–water partition coefficient (Wildman–Crippen LogP) is 4.37. The maximum atomic E-state index is 13.5. The molecule has 0 amide bonds. The third-order valence-corrected chi connectivity index (χ3v) is 3.58. The largest absolute Gasteiger partial charge is 0.397 e. The summed E-state index contributed by atoms with van der Waals surface area (Å²) in [5, 5.41) is 3.18. The normalized spacial score (nSPS) is 10.4. The number of hydrogen-bond acceptors (Lipinski definition) is 2.